The number of carbonyl (C=O) groups is 1. The molecule has 1 saturated carbocycles. The van der Waals surface area contributed by atoms with Crippen LogP contribution in [0.5, 0.6) is 17.4 Å². The molecule has 0 radical (unpaired) electrons. The number of pyridine rings is 1. The lowest BCUT2D eigenvalue weighted by molar-refractivity contribution is 0.0994. The maximum absolute atomic E-state index is 11.6. The number of amides is 1. The lowest BCUT2D eigenvalue weighted by atomic mass is 9.94. The molecule has 10 nitrogen and oxygen atoms in total. The van der Waals surface area contributed by atoms with Crippen LogP contribution in [0.25, 0.3) is 11.0 Å². The normalized spacial score (nSPS) is 14.3. The number of ether oxygens (including phenoxy) is 2. The first-order valence-corrected chi connectivity index (χ1v) is 14.4. The van der Waals surface area contributed by atoms with Crippen molar-refractivity contribution < 1.29 is 19.4 Å². The maximum Gasteiger partial charge on any atom is 0.323 e. The van der Waals surface area contributed by atoms with E-state index in [0.717, 1.165) is 11.5 Å². The Morgan fingerprint density at radius 1 is 1.12 bits per heavy atom. The fourth-order valence-corrected chi connectivity index (χ4v) is 4.94. The van der Waals surface area contributed by atoms with Gasteiger partial charge in [0.2, 0.25) is 5.88 Å². The van der Waals surface area contributed by atoms with Gasteiger partial charge in [-0.25, -0.2) is 9.78 Å². The average molecular weight is 576 g/mol. The van der Waals surface area contributed by atoms with Crippen LogP contribution in [0.2, 0.25) is 0 Å². The number of aliphatic hydroxyl groups excluding tert-OH is 1. The van der Waals surface area contributed by atoms with Crippen LogP contribution in [0.3, 0.4) is 0 Å². The Balaban J connectivity index is 0.000000600. The Kier molecular flexibility index (Phi) is 10.4. The van der Waals surface area contributed by atoms with Gasteiger partial charge in [0, 0.05) is 18.3 Å². The first-order chi connectivity index (χ1) is 20.1. The Labute approximate surface area is 245 Å². The van der Waals surface area contributed by atoms with Gasteiger partial charge in [0.05, 0.1) is 5.52 Å². The number of hydrogen-bond acceptors (Lipinski definition) is 7. The van der Waals surface area contributed by atoms with E-state index in [4.69, 9.17) is 15.2 Å². The van der Waals surface area contributed by atoms with Crippen molar-refractivity contribution in [3.05, 3.63) is 82.4 Å². The van der Waals surface area contributed by atoms with E-state index in [2.05, 4.69) is 27.2 Å². The Morgan fingerprint density at radius 2 is 1.86 bits per heavy atom. The highest BCUT2D eigenvalue weighted by Crippen LogP contribution is 2.25. The number of aromatic amines is 2. The fourth-order valence-electron chi connectivity index (χ4n) is 4.94. The first kappa shape index (κ1) is 30.8. The molecule has 1 amide bonds. The zero-order chi connectivity index (χ0) is 30.1. The summed E-state index contributed by atoms with van der Waals surface area (Å²) in [6.45, 7) is 6.82. The number of hydrogen-bond donors (Lipinski definition) is 5. The molecule has 1 aliphatic rings. The van der Waals surface area contributed by atoms with Crippen LogP contribution >= 0.6 is 0 Å². The van der Waals surface area contributed by atoms with Crippen molar-refractivity contribution in [2.45, 2.75) is 64.5 Å². The Hall–Kier alpha value is -4.15. The summed E-state index contributed by atoms with van der Waals surface area (Å²) in [4.78, 5) is 32.5. The highest BCUT2D eigenvalue weighted by atomic mass is 16.5. The second-order valence-electron chi connectivity index (χ2n) is 11.5. The van der Waals surface area contributed by atoms with Crippen molar-refractivity contribution in [3.8, 4) is 17.4 Å². The molecule has 4 aromatic rings. The summed E-state index contributed by atoms with van der Waals surface area (Å²) in [5.41, 5.74) is 7.26. The number of aliphatic hydroxyl groups is 1. The molecule has 1 aliphatic carbocycles. The van der Waals surface area contributed by atoms with Gasteiger partial charge in [-0.1, -0.05) is 50.8 Å². The number of imidazole rings is 1. The third kappa shape index (κ3) is 8.92. The van der Waals surface area contributed by atoms with E-state index >= 15 is 0 Å². The molecule has 224 valence electrons. The molecule has 0 aliphatic heterocycles. The van der Waals surface area contributed by atoms with Gasteiger partial charge < -0.3 is 35.6 Å². The van der Waals surface area contributed by atoms with Crippen LogP contribution in [0, 0.1) is 5.92 Å². The molecule has 1 atom stereocenters. The topological polar surface area (TPSA) is 155 Å². The van der Waals surface area contributed by atoms with Gasteiger partial charge in [0.25, 0.3) is 5.91 Å². The molecule has 2 aromatic carbocycles. The number of fused-ring (bicyclic) bond motifs is 1. The molecule has 1 unspecified atom stereocenters. The summed E-state index contributed by atoms with van der Waals surface area (Å²) < 4.78 is 11.5. The van der Waals surface area contributed by atoms with Gasteiger partial charge in [-0.15, -0.1) is 0 Å². The van der Waals surface area contributed by atoms with Gasteiger partial charge in [0.15, 0.2) is 0 Å². The largest absolute Gasteiger partial charge is 0.489 e. The number of β-amino-alcohol motifs (C(OH)–C–C–N with tert-alkyl or cyclic N) is 1. The second-order valence-corrected chi connectivity index (χ2v) is 11.5. The molecule has 10 heteroatoms. The van der Waals surface area contributed by atoms with E-state index in [1.807, 2.05) is 26.0 Å². The number of benzene rings is 2. The number of rotatable bonds is 11. The Morgan fingerprint density at radius 3 is 2.52 bits per heavy atom. The average Bonchev–Trinajstić information content (AvgIpc) is 3.60. The number of nitrogens with two attached hydrogens (primary N) is 1. The number of para-hydroxylation sites is 1. The fraction of sp³-hybridized carbons (Fsp3) is 0.406. The number of aromatic nitrogens is 3. The van der Waals surface area contributed by atoms with Crippen LogP contribution in [0.15, 0.2) is 65.6 Å². The molecular formula is C32H41N5O5. The van der Waals surface area contributed by atoms with Gasteiger partial charge >= 0.3 is 5.69 Å². The highest BCUT2D eigenvalue weighted by Gasteiger charge is 2.20. The minimum Gasteiger partial charge on any atom is -0.489 e. The highest BCUT2D eigenvalue weighted by molar-refractivity contribution is 5.95. The van der Waals surface area contributed by atoms with Crippen molar-refractivity contribution in [2.75, 3.05) is 13.2 Å². The summed E-state index contributed by atoms with van der Waals surface area (Å²) >= 11 is 0. The zero-order valence-corrected chi connectivity index (χ0v) is 24.5. The molecule has 6 N–H and O–H groups in total. The predicted octanol–water partition coefficient (Wildman–Crippen LogP) is 4.69. The molecular weight excluding hydrogens is 534 g/mol. The van der Waals surface area contributed by atoms with Crippen molar-refractivity contribution in [3.63, 3.8) is 0 Å². The number of primary amides is 1. The summed E-state index contributed by atoms with van der Waals surface area (Å²) in [6.07, 6.45) is 7.42. The number of H-pyrrole nitrogens is 2. The summed E-state index contributed by atoms with van der Waals surface area (Å²) in [5.74, 6) is 1.64. The van der Waals surface area contributed by atoms with Crippen molar-refractivity contribution in [2.24, 2.45) is 11.7 Å². The molecule has 1 fully saturated rings. The van der Waals surface area contributed by atoms with E-state index in [-0.39, 0.29) is 29.3 Å². The van der Waals surface area contributed by atoms with Crippen LogP contribution in [-0.2, 0) is 6.42 Å². The maximum atomic E-state index is 11.6. The van der Waals surface area contributed by atoms with Gasteiger partial charge in [-0.05, 0) is 68.1 Å². The van der Waals surface area contributed by atoms with E-state index in [0.29, 0.717) is 35.5 Å². The molecule has 2 heterocycles. The summed E-state index contributed by atoms with van der Waals surface area (Å²) in [6, 6.07) is 16.0. The van der Waals surface area contributed by atoms with Crippen LogP contribution in [-0.4, -0.2) is 50.8 Å². The van der Waals surface area contributed by atoms with Crippen LogP contribution < -0.4 is 26.2 Å². The summed E-state index contributed by atoms with van der Waals surface area (Å²) in [5, 5.41) is 13.8. The van der Waals surface area contributed by atoms with Crippen LogP contribution in [0.4, 0.5) is 0 Å². The molecule has 0 bridgehead atoms. The smallest absolute Gasteiger partial charge is 0.323 e. The molecule has 42 heavy (non-hydrogen) atoms. The number of carbonyl (C=O) groups excluding carboxylic acids is 1. The van der Waals surface area contributed by atoms with E-state index in [1.165, 1.54) is 31.9 Å². The minimum absolute atomic E-state index is 0.0717. The van der Waals surface area contributed by atoms with Gasteiger partial charge in [0.1, 0.15) is 35.3 Å². The Bertz CT molecular complexity index is 1510. The van der Waals surface area contributed by atoms with Crippen molar-refractivity contribution in [1.82, 2.24) is 20.3 Å². The first-order valence-electron chi connectivity index (χ1n) is 14.4. The van der Waals surface area contributed by atoms with E-state index in [9.17, 15) is 14.7 Å². The van der Waals surface area contributed by atoms with Crippen molar-refractivity contribution >= 4 is 16.9 Å². The SMILES string of the molecule is CC(C)(Cc1ccc(Oc2ncccc2C(N)=O)cc1)NCC(O)COc1cccc2[nH]c(=O)[nH]c12.CC1CCCC1. The summed E-state index contributed by atoms with van der Waals surface area (Å²) in [7, 11) is 0. The third-order valence-electron chi connectivity index (χ3n) is 7.22. The quantitative estimate of drug-likeness (QED) is 0.174. The zero-order valence-electron chi connectivity index (χ0n) is 24.5. The second kappa shape index (κ2) is 14.2. The van der Waals surface area contributed by atoms with Gasteiger partial charge in [-0.2, -0.15) is 0 Å². The van der Waals surface area contributed by atoms with E-state index < -0.39 is 12.0 Å². The van der Waals surface area contributed by atoms with E-state index in [1.54, 1.807) is 42.5 Å². The number of nitrogens with one attached hydrogen (secondary N) is 3. The molecule has 0 spiro atoms. The number of nitrogens with zero attached hydrogens (tertiary/aromatic N) is 1. The monoisotopic (exact) mass is 575 g/mol. The van der Waals surface area contributed by atoms with Gasteiger partial charge in [-0.3, -0.25) is 4.79 Å². The molecule has 2 aromatic heterocycles. The predicted molar refractivity (Wildman–Crippen MR) is 163 cm³/mol. The minimum atomic E-state index is -0.751. The third-order valence-corrected chi connectivity index (χ3v) is 7.22. The molecule has 5 rings (SSSR count). The molecule has 0 saturated heterocycles. The van der Waals surface area contributed by atoms with Crippen molar-refractivity contribution in [1.29, 1.82) is 0 Å². The lowest BCUT2D eigenvalue weighted by Gasteiger charge is -2.28. The van der Waals surface area contributed by atoms with Crippen LogP contribution in [0.1, 0.15) is 62.4 Å². The lowest BCUT2D eigenvalue weighted by Crippen LogP contribution is -2.46. The standard InChI is InChI=1S/C26H29N5O5.C6H12/c1-26(2,29-14-17(32)15-35-21-7-3-6-20-22(21)31-25(34)30-20)13-16-8-10-18(11-9-16)36-24-19(23(27)33)5-4-12-28-24;1-6-4-2-3-5-6/h3-12,17,29,32H,13-15H2,1-2H3,(H2,27,33)(H2,30,31,34);6H,2-5H2,1H3.